The molecule has 0 spiro atoms. The standard InChI is InChI=1S/C26H43NO6S/c1-4-6-7-8-9-10-11-12-13-14-15-16-21-27-25(28)22(3)34(30,31)33-24-19-17-23(18-20-24)26(29)32-5-2/h17-20,22H,4-16,21H2,1-3H3,(H,27,28). The van der Waals surface area contributed by atoms with Crippen LogP contribution >= 0.6 is 0 Å². The highest BCUT2D eigenvalue weighted by atomic mass is 32.2. The van der Waals surface area contributed by atoms with Crippen molar-refractivity contribution >= 4 is 22.0 Å². The summed E-state index contributed by atoms with van der Waals surface area (Å²) in [6.45, 7) is 5.94. The summed E-state index contributed by atoms with van der Waals surface area (Å²) < 4.78 is 34.8. The number of ether oxygens (including phenoxy) is 1. The fourth-order valence-corrected chi connectivity index (χ4v) is 4.39. The van der Waals surface area contributed by atoms with Crippen LogP contribution in [0.5, 0.6) is 5.75 Å². The van der Waals surface area contributed by atoms with Crippen LogP contribution in [0.3, 0.4) is 0 Å². The third-order valence-electron chi connectivity index (χ3n) is 5.71. The van der Waals surface area contributed by atoms with E-state index in [1.54, 1.807) is 6.92 Å². The predicted molar refractivity (Wildman–Crippen MR) is 135 cm³/mol. The molecular formula is C26H43NO6S. The molecule has 1 aromatic carbocycles. The van der Waals surface area contributed by atoms with E-state index in [0.717, 1.165) is 19.3 Å². The maximum Gasteiger partial charge on any atom is 0.338 e. The molecule has 194 valence electrons. The highest BCUT2D eigenvalue weighted by Gasteiger charge is 2.30. The molecule has 8 heteroatoms. The summed E-state index contributed by atoms with van der Waals surface area (Å²) in [5, 5.41) is 1.35. The van der Waals surface area contributed by atoms with E-state index >= 15 is 0 Å². The minimum atomic E-state index is -4.15. The molecule has 0 aliphatic rings. The van der Waals surface area contributed by atoms with Crippen molar-refractivity contribution in [2.45, 2.75) is 103 Å². The molecule has 34 heavy (non-hydrogen) atoms. The Kier molecular flexibility index (Phi) is 15.3. The van der Waals surface area contributed by atoms with Crippen molar-refractivity contribution in [3.05, 3.63) is 29.8 Å². The van der Waals surface area contributed by atoms with Crippen molar-refractivity contribution in [1.29, 1.82) is 0 Å². The van der Waals surface area contributed by atoms with E-state index in [1.807, 2.05) is 0 Å². The van der Waals surface area contributed by atoms with Gasteiger partial charge in [0.25, 0.3) is 0 Å². The quantitative estimate of drug-likeness (QED) is 0.148. The first-order valence-electron chi connectivity index (χ1n) is 12.8. The largest absolute Gasteiger partial charge is 0.462 e. The van der Waals surface area contributed by atoms with E-state index in [-0.39, 0.29) is 12.4 Å². The number of hydrogen-bond acceptors (Lipinski definition) is 6. The Morgan fingerprint density at radius 3 is 1.82 bits per heavy atom. The zero-order valence-corrected chi connectivity index (χ0v) is 22.0. The molecule has 0 saturated carbocycles. The van der Waals surface area contributed by atoms with Gasteiger partial charge in [-0.3, -0.25) is 4.79 Å². The summed E-state index contributed by atoms with van der Waals surface area (Å²) in [4.78, 5) is 23.9. The van der Waals surface area contributed by atoms with Crippen LogP contribution in [0.1, 0.15) is 108 Å². The third kappa shape index (κ3) is 12.4. The number of carbonyl (C=O) groups excluding carboxylic acids is 2. The van der Waals surface area contributed by atoms with E-state index in [2.05, 4.69) is 12.2 Å². The number of rotatable bonds is 19. The third-order valence-corrected chi connectivity index (χ3v) is 7.21. The number of nitrogens with one attached hydrogen (secondary N) is 1. The monoisotopic (exact) mass is 497 g/mol. The summed E-state index contributed by atoms with van der Waals surface area (Å²) in [6.07, 6.45) is 14.7. The van der Waals surface area contributed by atoms with E-state index < -0.39 is 27.2 Å². The molecule has 1 atom stereocenters. The van der Waals surface area contributed by atoms with Gasteiger partial charge >= 0.3 is 16.1 Å². The predicted octanol–water partition coefficient (Wildman–Crippen LogP) is 5.78. The van der Waals surface area contributed by atoms with Gasteiger partial charge in [0.15, 0.2) is 5.25 Å². The summed E-state index contributed by atoms with van der Waals surface area (Å²) in [5.41, 5.74) is 0.291. The first-order chi connectivity index (χ1) is 16.3. The number of carbonyl (C=O) groups is 2. The number of unbranched alkanes of at least 4 members (excludes halogenated alkanes) is 11. The topological polar surface area (TPSA) is 98.8 Å². The summed E-state index contributed by atoms with van der Waals surface area (Å²) in [5.74, 6) is -1.04. The van der Waals surface area contributed by atoms with Crippen molar-refractivity contribution in [2.75, 3.05) is 13.2 Å². The molecule has 1 N–H and O–H groups in total. The van der Waals surface area contributed by atoms with Crippen LogP contribution in [0.15, 0.2) is 24.3 Å². The highest BCUT2D eigenvalue weighted by Crippen LogP contribution is 2.17. The van der Waals surface area contributed by atoms with Crippen LogP contribution in [0.4, 0.5) is 0 Å². The van der Waals surface area contributed by atoms with Crippen LogP contribution in [0, 0.1) is 0 Å². The van der Waals surface area contributed by atoms with Gasteiger partial charge in [0.05, 0.1) is 12.2 Å². The molecule has 7 nitrogen and oxygen atoms in total. The molecule has 0 saturated heterocycles. The minimum absolute atomic E-state index is 0.0358. The van der Waals surface area contributed by atoms with Crippen LogP contribution in [0.25, 0.3) is 0 Å². The molecule has 1 rings (SSSR count). The highest BCUT2D eigenvalue weighted by molar-refractivity contribution is 7.88. The molecule has 1 aromatic rings. The Labute approximate surface area is 206 Å². The molecule has 0 radical (unpaired) electrons. The number of hydrogen-bond donors (Lipinski definition) is 1. The first-order valence-corrected chi connectivity index (χ1v) is 14.3. The zero-order valence-electron chi connectivity index (χ0n) is 21.1. The Bertz CT molecular complexity index is 807. The van der Waals surface area contributed by atoms with Crippen molar-refractivity contribution in [3.63, 3.8) is 0 Å². The summed E-state index contributed by atoms with van der Waals surface area (Å²) in [6, 6.07) is 5.56. The van der Waals surface area contributed by atoms with Gasteiger partial charge in [0, 0.05) is 6.54 Å². The summed E-state index contributed by atoms with van der Waals surface area (Å²) in [7, 11) is -4.15. The van der Waals surface area contributed by atoms with Crippen LogP contribution in [0.2, 0.25) is 0 Å². The van der Waals surface area contributed by atoms with Gasteiger partial charge in [-0.05, 0) is 44.5 Å². The fourth-order valence-electron chi connectivity index (χ4n) is 3.52. The van der Waals surface area contributed by atoms with E-state index in [1.165, 1.54) is 89.0 Å². The van der Waals surface area contributed by atoms with Crippen molar-refractivity contribution < 1.29 is 26.9 Å². The molecule has 0 heterocycles. The van der Waals surface area contributed by atoms with Crippen LogP contribution in [-0.2, 0) is 19.6 Å². The van der Waals surface area contributed by atoms with Crippen molar-refractivity contribution in [3.8, 4) is 5.75 Å². The average molecular weight is 498 g/mol. The van der Waals surface area contributed by atoms with Gasteiger partial charge in [0.1, 0.15) is 5.75 Å². The van der Waals surface area contributed by atoms with E-state index in [9.17, 15) is 18.0 Å². The van der Waals surface area contributed by atoms with Crippen molar-refractivity contribution in [2.24, 2.45) is 0 Å². The first kappa shape index (κ1) is 29.9. The number of amides is 1. The lowest BCUT2D eigenvalue weighted by atomic mass is 10.1. The molecule has 0 fully saturated rings. The van der Waals surface area contributed by atoms with Gasteiger partial charge in [-0.25, -0.2) is 4.79 Å². The van der Waals surface area contributed by atoms with Gasteiger partial charge in [0.2, 0.25) is 5.91 Å². The second kappa shape index (κ2) is 17.4. The molecule has 1 amide bonds. The Morgan fingerprint density at radius 1 is 0.824 bits per heavy atom. The fraction of sp³-hybridized carbons (Fsp3) is 0.692. The second-order valence-corrected chi connectivity index (χ2v) is 10.5. The minimum Gasteiger partial charge on any atom is -0.462 e. The maximum atomic E-state index is 12.4. The number of esters is 1. The SMILES string of the molecule is CCCCCCCCCCCCCCNC(=O)C(C)S(=O)(=O)Oc1ccc(C(=O)OCC)cc1. The van der Waals surface area contributed by atoms with E-state index in [0.29, 0.717) is 12.1 Å². The van der Waals surface area contributed by atoms with Gasteiger partial charge in [-0.15, -0.1) is 0 Å². The maximum absolute atomic E-state index is 12.4. The van der Waals surface area contributed by atoms with E-state index in [4.69, 9.17) is 8.92 Å². The lowest BCUT2D eigenvalue weighted by Gasteiger charge is -2.14. The molecule has 0 aliphatic heterocycles. The van der Waals surface area contributed by atoms with Crippen LogP contribution in [-0.4, -0.2) is 38.7 Å². The van der Waals surface area contributed by atoms with Gasteiger partial charge < -0.3 is 14.2 Å². The Morgan fingerprint density at radius 2 is 1.32 bits per heavy atom. The van der Waals surface area contributed by atoms with Gasteiger partial charge in [-0.1, -0.05) is 77.6 Å². The smallest absolute Gasteiger partial charge is 0.338 e. The zero-order chi connectivity index (χ0) is 25.2. The lowest BCUT2D eigenvalue weighted by molar-refractivity contribution is -0.120. The molecule has 1 unspecified atom stereocenters. The molecule has 0 bridgehead atoms. The van der Waals surface area contributed by atoms with Crippen LogP contribution < -0.4 is 9.50 Å². The normalized spacial score (nSPS) is 12.2. The second-order valence-electron chi connectivity index (χ2n) is 8.64. The lowest BCUT2D eigenvalue weighted by Crippen LogP contribution is -2.40. The Hall–Kier alpha value is -2.09. The summed E-state index contributed by atoms with van der Waals surface area (Å²) >= 11 is 0. The molecular weight excluding hydrogens is 454 g/mol. The van der Waals surface area contributed by atoms with Gasteiger partial charge in [-0.2, -0.15) is 8.42 Å². The molecule has 0 aliphatic carbocycles. The van der Waals surface area contributed by atoms with Crippen molar-refractivity contribution in [1.82, 2.24) is 5.32 Å². The Balaban J connectivity index is 2.22. The number of benzene rings is 1. The average Bonchev–Trinajstić information content (AvgIpc) is 2.81. The molecule has 0 aromatic heterocycles.